The number of thiazole rings is 1. The lowest BCUT2D eigenvalue weighted by molar-refractivity contribution is 0.121. The second kappa shape index (κ2) is 6.41. The molecule has 5 heteroatoms. The van der Waals surface area contributed by atoms with Gasteiger partial charge < -0.3 is 15.0 Å². The van der Waals surface area contributed by atoms with Gasteiger partial charge in [-0.25, -0.2) is 4.98 Å². The minimum Gasteiger partial charge on any atom is -0.380 e. The molecule has 0 aromatic carbocycles. The van der Waals surface area contributed by atoms with Gasteiger partial charge in [-0.2, -0.15) is 0 Å². The Morgan fingerprint density at radius 2 is 2.25 bits per heavy atom. The van der Waals surface area contributed by atoms with Crippen molar-refractivity contribution < 1.29 is 4.74 Å². The van der Waals surface area contributed by atoms with Crippen LogP contribution in [0.25, 0.3) is 0 Å². The number of anilines is 1. The summed E-state index contributed by atoms with van der Waals surface area (Å²) in [4.78, 5) is 8.72. The lowest BCUT2D eigenvalue weighted by Gasteiger charge is -2.13. The predicted molar refractivity (Wildman–Crippen MR) is 83.6 cm³/mol. The molecule has 2 aliphatic rings. The summed E-state index contributed by atoms with van der Waals surface area (Å²) in [6.07, 6.45) is 6.45. The second-order valence-electron chi connectivity index (χ2n) is 5.86. The lowest BCUT2D eigenvalue weighted by Crippen LogP contribution is -2.21. The van der Waals surface area contributed by atoms with E-state index in [2.05, 4.69) is 17.1 Å². The number of aromatic nitrogens is 1. The van der Waals surface area contributed by atoms with Crippen LogP contribution in [-0.2, 0) is 17.7 Å². The summed E-state index contributed by atoms with van der Waals surface area (Å²) in [6, 6.07) is 0.764. The number of hydrogen-bond donors (Lipinski definition) is 1. The SMILES string of the molecule is CCCc1nc(N2CCC(OC)C2)sc1CNC1CC1. The Hall–Kier alpha value is -0.650. The number of nitrogens with zero attached hydrogens (tertiary/aromatic N) is 2. The normalized spacial score (nSPS) is 22.7. The molecule has 1 atom stereocenters. The van der Waals surface area contributed by atoms with E-state index in [9.17, 15) is 0 Å². The van der Waals surface area contributed by atoms with Crippen molar-refractivity contribution in [2.24, 2.45) is 0 Å². The number of hydrogen-bond acceptors (Lipinski definition) is 5. The minimum absolute atomic E-state index is 0.376. The molecule has 1 aromatic heterocycles. The average Bonchev–Trinajstić information content (AvgIpc) is 3.01. The quantitative estimate of drug-likeness (QED) is 0.839. The maximum Gasteiger partial charge on any atom is 0.185 e. The van der Waals surface area contributed by atoms with Crippen molar-refractivity contribution in [1.29, 1.82) is 0 Å². The van der Waals surface area contributed by atoms with Gasteiger partial charge in [0, 0.05) is 37.7 Å². The fourth-order valence-electron chi connectivity index (χ4n) is 2.69. The Morgan fingerprint density at radius 1 is 1.40 bits per heavy atom. The van der Waals surface area contributed by atoms with Crippen molar-refractivity contribution >= 4 is 16.5 Å². The van der Waals surface area contributed by atoms with Gasteiger partial charge in [-0.05, 0) is 25.7 Å². The van der Waals surface area contributed by atoms with E-state index >= 15 is 0 Å². The van der Waals surface area contributed by atoms with E-state index in [1.54, 1.807) is 0 Å². The number of ether oxygens (including phenoxy) is 1. The van der Waals surface area contributed by atoms with Crippen molar-refractivity contribution in [3.8, 4) is 0 Å². The summed E-state index contributed by atoms with van der Waals surface area (Å²) in [6.45, 7) is 5.30. The van der Waals surface area contributed by atoms with Crippen LogP contribution in [0.1, 0.15) is 43.2 Å². The smallest absolute Gasteiger partial charge is 0.185 e. The van der Waals surface area contributed by atoms with Crippen LogP contribution < -0.4 is 10.2 Å². The van der Waals surface area contributed by atoms with Crippen LogP contribution in [0.5, 0.6) is 0 Å². The largest absolute Gasteiger partial charge is 0.380 e. The molecule has 0 amide bonds. The van der Waals surface area contributed by atoms with Crippen LogP contribution in [-0.4, -0.2) is 37.3 Å². The van der Waals surface area contributed by atoms with Crippen molar-refractivity contribution in [2.75, 3.05) is 25.1 Å². The van der Waals surface area contributed by atoms with E-state index in [-0.39, 0.29) is 0 Å². The number of nitrogens with one attached hydrogen (secondary N) is 1. The fraction of sp³-hybridized carbons (Fsp3) is 0.800. The maximum absolute atomic E-state index is 5.46. The van der Waals surface area contributed by atoms with Gasteiger partial charge >= 0.3 is 0 Å². The molecule has 1 aliphatic carbocycles. The molecule has 1 aromatic rings. The molecule has 1 saturated heterocycles. The maximum atomic E-state index is 5.46. The standard InChI is InChI=1S/C15H25N3OS/c1-3-4-13-14(9-16-11-5-6-11)20-15(17-13)18-8-7-12(10-18)19-2/h11-12,16H,3-10H2,1-2H3. The van der Waals surface area contributed by atoms with Gasteiger partial charge in [0.1, 0.15) is 0 Å². The molecule has 1 saturated carbocycles. The summed E-state index contributed by atoms with van der Waals surface area (Å²) >= 11 is 1.88. The summed E-state index contributed by atoms with van der Waals surface area (Å²) in [7, 11) is 1.81. The third-order valence-electron chi connectivity index (χ3n) is 4.13. The Kier molecular flexibility index (Phi) is 4.58. The van der Waals surface area contributed by atoms with Crippen LogP contribution in [0, 0.1) is 0 Å². The molecule has 2 heterocycles. The first-order chi connectivity index (χ1) is 9.80. The van der Waals surface area contributed by atoms with Crippen LogP contribution in [0.4, 0.5) is 5.13 Å². The monoisotopic (exact) mass is 295 g/mol. The predicted octanol–water partition coefficient (Wildman–Crippen LogP) is 2.57. The first-order valence-electron chi connectivity index (χ1n) is 7.79. The molecule has 0 radical (unpaired) electrons. The van der Waals surface area contributed by atoms with Crippen molar-refractivity contribution in [3.05, 3.63) is 10.6 Å². The van der Waals surface area contributed by atoms with E-state index in [0.717, 1.165) is 38.5 Å². The number of rotatable bonds is 7. The summed E-state index contributed by atoms with van der Waals surface area (Å²) in [5.74, 6) is 0. The Morgan fingerprint density at radius 3 is 2.90 bits per heavy atom. The molecule has 112 valence electrons. The molecule has 20 heavy (non-hydrogen) atoms. The van der Waals surface area contributed by atoms with Gasteiger partial charge in [-0.1, -0.05) is 13.3 Å². The van der Waals surface area contributed by atoms with E-state index < -0.39 is 0 Å². The van der Waals surface area contributed by atoms with Gasteiger partial charge in [0.2, 0.25) is 0 Å². The van der Waals surface area contributed by atoms with Crippen molar-refractivity contribution in [3.63, 3.8) is 0 Å². The second-order valence-corrected chi connectivity index (χ2v) is 6.93. The summed E-state index contributed by atoms with van der Waals surface area (Å²) in [5.41, 5.74) is 1.31. The van der Waals surface area contributed by atoms with E-state index in [4.69, 9.17) is 9.72 Å². The Labute approximate surface area is 125 Å². The molecular weight excluding hydrogens is 270 g/mol. The van der Waals surface area contributed by atoms with E-state index in [1.165, 1.54) is 35.0 Å². The van der Waals surface area contributed by atoms with Gasteiger partial charge in [-0.15, -0.1) is 11.3 Å². The average molecular weight is 295 g/mol. The highest BCUT2D eigenvalue weighted by atomic mass is 32.1. The first kappa shape index (κ1) is 14.3. The molecule has 1 aliphatic heterocycles. The third kappa shape index (κ3) is 3.32. The van der Waals surface area contributed by atoms with Crippen LogP contribution in [0.3, 0.4) is 0 Å². The molecule has 0 spiro atoms. The molecule has 4 nitrogen and oxygen atoms in total. The summed E-state index contributed by atoms with van der Waals surface area (Å²) < 4.78 is 5.46. The van der Waals surface area contributed by atoms with Crippen LogP contribution in [0.2, 0.25) is 0 Å². The fourth-order valence-corrected chi connectivity index (χ4v) is 3.79. The minimum atomic E-state index is 0.376. The highest BCUT2D eigenvalue weighted by molar-refractivity contribution is 7.15. The zero-order valence-corrected chi connectivity index (χ0v) is 13.3. The zero-order valence-electron chi connectivity index (χ0n) is 12.5. The highest BCUT2D eigenvalue weighted by Gasteiger charge is 2.26. The summed E-state index contributed by atoms with van der Waals surface area (Å²) in [5, 5.41) is 4.82. The van der Waals surface area contributed by atoms with Gasteiger partial charge in [0.25, 0.3) is 0 Å². The molecular formula is C15H25N3OS. The first-order valence-corrected chi connectivity index (χ1v) is 8.61. The number of methoxy groups -OCH3 is 1. The van der Waals surface area contributed by atoms with Crippen molar-refractivity contribution in [1.82, 2.24) is 10.3 Å². The molecule has 3 rings (SSSR count). The lowest BCUT2D eigenvalue weighted by atomic mass is 10.2. The van der Waals surface area contributed by atoms with Crippen LogP contribution >= 0.6 is 11.3 Å². The molecule has 1 N–H and O–H groups in total. The van der Waals surface area contributed by atoms with E-state index in [1.807, 2.05) is 18.4 Å². The molecule has 2 fully saturated rings. The van der Waals surface area contributed by atoms with Crippen LogP contribution in [0.15, 0.2) is 0 Å². The van der Waals surface area contributed by atoms with Gasteiger partial charge in [0.15, 0.2) is 5.13 Å². The Balaban J connectivity index is 1.68. The number of aryl methyl sites for hydroxylation is 1. The molecule has 1 unspecified atom stereocenters. The van der Waals surface area contributed by atoms with Gasteiger partial charge in [0.05, 0.1) is 11.8 Å². The topological polar surface area (TPSA) is 37.4 Å². The van der Waals surface area contributed by atoms with E-state index in [0.29, 0.717) is 6.10 Å². The Bertz CT molecular complexity index is 444. The van der Waals surface area contributed by atoms with Gasteiger partial charge in [-0.3, -0.25) is 0 Å². The third-order valence-corrected chi connectivity index (χ3v) is 5.29. The molecule has 0 bridgehead atoms. The highest BCUT2D eigenvalue weighted by Crippen LogP contribution is 2.31. The zero-order chi connectivity index (χ0) is 13.9. The van der Waals surface area contributed by atoms with Crippen molar-refractivity contribution in [2.45, 2.75) is 57.7 Å².